The summed E-state index contributed by atoms with van der Waals surface area (Å²) in [6.07, 6.45) is 5.70. The lowest BCUT2D eigenvalue weighted by Gasteiger charge is -2.37. The van der Waals surface area contributed by atoms with Gasteiger partial charge in [0.1, 0.15) is 11.5 Å². The predicted octanol–water partition coefficient (Wildman–Crippen LogP) is 5.61. The summed E-state index contributed by atoms with van der Waals surface area (Å²) in [5.41, 5.74) is 6.07. The number of hydrogen-bond acceptors (Lipinski definition) is 7. The molecule has 3 aromatic rings. The topological polar surface area (TPSA) is 87.1 Å². The number of ether oxygens (including phenoxy) is 3. The molecular weight excluding hydrogens is 516 g/mol. The lowest BCUT2D eigenvalue weighted by Crippen LogP contribution is -2.44. The Labute approximate surface area is 241 Å². The number of fused-ring (bicyclic) bond motifs is 2. The van der Waals surface area contributed by atoms with Crippen molar-refractivity contribution >= 4 is 34.9 Å². The number of methoxy groups -OCH3 is 2. The standard InChI is InChI=1S/C33H36N4O4/c1-39-27-9-7-23(8-10-27)22-37-31-28(33(32(37)38)12-4-13-33)19-24(20-30(31)40-2)29(11-14-34)35-25-5-3-6-26(21-25)36-15-17-41-18-16-36/h3,5-11,14,19-21,34-35H,4,12-13,15-18,22H2,1-2H3/b29-11-,34-14?. The van der Waals surface area contributed by atoms with Gasteiger partial charge in [0.15, 0.2) is 0 Å². The zero-order chi connectivity index (χ0) is 28.4. The second-order valence-electron chi connectivity index (χ2n) is 10.8. The van der Waals surface area contributed by atoms with Crippen LogP contribution in [0.5, 0.6) is 11.5 Å². The van der Waals surface area contributed by atoms with E-state index in [9.17, 15) is 4.79 Å². The van der Waals surface area contributed by atoms with Crippen LogP contribution in [0.2, 0.25) is 0 Å². The van der Waals surface area contributed by atoms with Gasteiger partial charge in [0.05, 0.1) is 45.1 Å². The molecule has 1 saturated heterocycles. The third kappa shape index (κ3) is 4.93. The van der Waals surface area contributed by atoms with E-state index in [1.165, 1.54) is 6.21 Å². The van der Waals surface area contributed by atoms with Crippen LogP contribution in [-0.4, -0.2) is 52.6 Å². The molecule has 41 heavy (non-hydrogen) atoms. The molecule has 2 heterocycles. The molecule has 0 unspecified atom stereocenters. The number of hydrogen-bond donors (Lipinski definition) is 2. The van der Waals surface area contributed by atoms with Crippen molar-refractivity contribution in [3.05, 3.63) is 83.4 Å². The van der Waals surface area contributed by atoms with Gasteiger partial charge in [-0.1, -0.05) is 24.6 Å². The first kappa shape index (κ1) is 26.9. The van der Waals surface area contributed by atoms with E-state index in [0.29, 0.717) is 12.3 Å². The number of amides is 1. The summed E-state index contributed by atoms with van der Waals surface area (Å²) < 4.78 is 16.8. The monoisotopic (exact) mass is 552 g/mol. The molecule has 212 valence electrons. The van der Waals surface area contributed by atoms with Gasteiger partial charge in [0, 0.05) is 41.9 Å². The number of benzene rings is 3. The average molecular weight is 553 g/mol. The van der Waals surface area contributed by atoms with E-state index in [4.69, 9.17) is 19.6 Å². The maximum atomic E-state index is 14.0. The first-order valence-electron chi connectivity index (χ1n) is 14.1. The second-order valence-corrected chi connectivity index (χ2v) is 10.8. The zero-order valence-corrected chi connectivity index (χ0v) is 23.6. The van der Waals surface area contributed by atoms with Crippen molar-refractivity contribution in [2.45, 2.75) is 31.2 Å². The van der Waals surface area contributed by atoms with Crippen molar-refractivity contribution in [3.8, 4) is 11.5 Å². The summed E-state index contributed by atoms with van der Waals surface area (Å²) in [7, 11) is 3.30. The lowest BCUT2D eigenvalue weighted by molar-refractivity contribution is -0.126. The van der Waals surface area contributed by atoms with Crippen molar-refractivity contribution in [1.82, 2.24) is 0 Å². The molecule has 1 aliphatic carbocycles. The van der Waals surface area contributed by atoms with E-state index in [2.05, 4.69) is 28.4 Å². The number of rotatable bonds is 9. The highest BCUT2D eigenvalue weighted by Gasteiger charge is 2.55. The SMILES string of the molecule is COc1ccc(CN2C(=O)C3(CCC3)c3cc(/C(=C/C=N)Nc4cccc(N5CCOCC5)c4)cc(OC)c32)cc1. The van der Waals surface area contributed by atoms with Crippen LogP contribution >= 0.6 is 0 Å². The van der Waals surface area contributed by atoms with Crippen molar-refractivity contribution in [2.24, 2.45) is 0 Å². The first-order chi connectivity index (χ1) is 20.1. The molecule has 1 spiro atoms. The Hall–Kier alpha value is -4.30. The van der Waals surface area contributed by atoms with Crippen LogP contribution in [0.1, 0.15) is 36.0 Å². The molecule has 8 nitrogen and oxygen atoms in total. The Morgan fingerprint density at radius 3 is 2.49 bits per heavy atom. The largest absolute Gasteiger partial charge is 0.497 e. The van der Waals surface area contributed by atoms with Crippen molar-refractivity contribution in [1.29, 1.82) is 5.41 Å². The molecule has 6 rings (SSSR count). The van der Waals surface area contributed by atoms with Crippen molar-refractivity contribution in [3.63, 3.8) is 0 Å². The summed E-state index contributed by atoms with van der Waals surface area (Å²) in [5.74, 6) is 1.57. The Kier molecular flexibility index (Phi) is 7.41. The van der Waals surface area contributed by atoms with E-state index in [1.807, 2.05) is 47.4 Å². The minimum Gasteiger partial charge on any atom is -0.497 e. The Morgan fingerprint density at radius 1 is 1.05 bits per heavy atom. The summed E-state index contributed by atoms with van der Waals surface area (Å²) in [6.45, 7) is 3.63. The molecule has 0 atom stereocenters. The average Bonchev–Trinajstić information content (AvgIpc) is 3.25. The quantitative estimate of drug-likeness (QED) is 0.336. The molecule has 2 aliphatic heterocycles. The van der Waals surface area contributed by atoms with E-state index in [1.54, 1.807) is 20.3 Å². The van der Waals surface area contributed by atoms with Gasteiger partial charge in [-0.3, -0.25) is 4.79 Å². The minimum absolute atomic E-state index is 0.133. The molecule has 8 heteroatoms. The maximum Gasteiger partial charge on any atom is 0.238 e. The Balaban J connectivity index is 1.35. The Morgan fingerprint density at radius 2 is 1.83 bits per heavy atom. The summed E-state index contributed by atoms with van der Waals surface area (Å²) in [5, 5.41) is 11.4. The van der Waals surface area contributed by atoms with Gasteiger partial charge in [-0.15, -0.1) is 0 Å². The number of carbonyl (C=O) groups excluding carboxylic acids is 1. The van der Waals surface area contributed by atoms with E-state index in [-0.39, 0.29) is 5.91 Å². The summed E-state index contributed by atoms with van der Waals surface area (Å²) in [6, 6.07) is 20.2. The third-order valence-corrected chi connectivity index (χ3v) is 8.50. The molecule has 1 amide bonds. The number of nitrogens with one attached hydrogen (secondary N) is 2. The fraction of sp³-hybridized carbons (Fsp3) is 0.333. The molecular formula is C33H36N4O4. The van der Waals surface area contributed by atoms with E-state index < -0.39 is 5.41 Å². The highest BCUT2D eigenvalue weighted by Crippen LogP contribution is 2.57. The highest BCUT2D eigenvalue weighted by atomic mass is 16.5. The maximum absolute atomic E-state index is 14.0. The van der Waals surface area contributed by atoms with Gasteiger partial charge in [0.25, 0.3) is 0 Å². The molecule has 3 aliphatic rings. The van der Waals surface area contributed by atoms with Gasteiger partial charge < -0.3 is 34.7 Å². The van der Waals surface area contributed by atoms with Crippen LogP contribution in [0.25, 0.3) is 5.70 Å². The second kappa shape index (κ2) is 11.3. The molecule has 2 fully saturated rings. The zero-order valence-electron chi connectivity index (χ0n) is 23.6. The van der Waals surface area contributed by atoms with E-state index >= 15 is 0 Å². The number of nitrogens with zero attached hydrogens (tertiary/aromatic N) is 2. The van der Waals surface area contributed by atoms with Crippen LogP contribution in [0, 0.1) is 5.41 Å². The normalized spacial score (nSPS) is 17.7. The fourth-order valence-electron chi connectivity index (χ4n) is 6.17. The van der Waals surface area contributed by atoms with Crippen LogP contribution in [0.3, 0.4) is 0 Å². The van der Waals surface area contributed by atoms with Crippen LogP contribution < -0.4 is 24.6 Å². The molecule has 0 radical (unpaired) electrons. The number of anilines is 3. The lowest BCUT2D eigenvalue weighted by atomic mass is 9.65. The summed E-state index contributed by atoms with van der Waals surface area (Å²) >= 11 is 0. The third-order valence-electron chi connectivity index (χ3n) is 8.50. The molecule has 3 aromatic carbocycles. The number of morpholine rings is 1. The van der Waals surface area contributed by atoms with Crippen molar-refractivity contribution in [2.75, 3.05) is 55.6 Å². The van der Waals surface area contributed by atoms with Gasteiger partial charge in [-0.05, 0) is 72.5 Å². The van der Waals surface area contributed by atoms with E-state index in [0.717, 1.165) is 90.8 Å². The minimum atomic E-state index is -0.531. The highest BCUT2D eigenvalue weighted by molar-refractivity contribution is 6.10. The fourth-order valence-corrected chi connectivity index (χ4v) is 6.17. The van der Waals surface area contributed by atoms with Crippen molar-refractivity contribution < 1.29 is 19.0 Å². The van der Waals surface area contributed by atoms with Gasteiger partial charge in [0.2, 0.25) is 5.91 Å². The molecule has 1 saturated carbocycles. The Bertz CT molecular complexity index is 1470. The molecule has 0 bridgehead atoms. The van der Waals surface area contributed by atoms with Crippen LogP contribution in [0.4, 0.5) is 17.1 Å². The van der Waals surface area contributed by atoms with Gasteiger partial charge >= 0.3 is 0 Å². The molecule has 2 N–H and O–H groups in total. The first-order valence-corrected chi connectivity index (χ1v) is 14.1. The summed E-state index contributed by atoms with van der Waals surface area (Å²) in [4.78, 5) is 18.2. The van der Waals surface area contributed by atoms with Gasteiger partial charge in [-0.2, -0.15) is 0 Å². The van der Waals surface area contributed by atoms with Crippen LogP contribution in [-0.2, 0) is 21.5 Å². The van der Waals surface area contributed by atoms with Crippen LogP contribution in [0.15, 0.2) is 66.7 Å². The number of carbonyl (C=O) groups is 1. The smallest absolute Gasteiger partial charge is 0.238 e. The van der Waals surface area contributed by atoms with Gasteiger partial charge in [-0.25, -0.2) is 0 Å². The number of allylic oxidation sites excluding steroid dienone is 1. The predicted molar refractivity (Wildman–Crippen MR) is 163 cm³/mol. The molecule has 0 aromatic heterocycles.